The molecule has 2 unspecified atom stereocenters. The third-order valence-electron chi connectivity index (χ3n) is 3.37. The van der Waals surface area contributed by atoms with E-state index < -0.39 is 0 Å². The summed E-state index contributed by atoms with van der Waals surface area (Å²) in [5.74, 6) is -0.0687. The van der Waals surface area contributed by atoms with E-state index in [4.69, 9.17) is 15.2 Å². The lowest BCUT2D eigenvalue weighted by atomic mass is 10.2. The average molecular weight is 329 g/mol. The molecule has 5 nitrogen and oxygen atoms in total. The summed E-state index contributed by atoms with van der Waals surface area (Å²) in [6, 6.07) is 5.27. The molecule has 0 aromatic heterocycles. The van der Waals surface area contributed by atoms with Crippen molar-refractivity contribution in [3.8, 4) is 0 Å². The number of benzene rings is 1. The third kappa shape index (κ3) is 2.75. The number of anilines is 1. The van der Waals surface area contributed by atoms with Crippen molar-refractivity contribution in [3.05, 3.63) is 28.2 Å². The molecule has 1 heterocycles. The maximum Gasteiger partial charge on any atom is 0.255 e. The quantitative estimate of drug-likeness (QED) is 0.854. The van der Waals surface area contributed by atoms with Crippen molar-refractivity contribution in [3.63, 3.8) is 0 Å². The van der Waals surface area contributed by atoms with Crippen LogP contribution in [0.5, 0.6) is 0 Å². The molecule has 1 aromatic rings. The molecule has 1 saturated heterocycles. The van der Waals surface area contributed by atoms with E-state index in [9.17, 15) is 4.79 Å². The standard InChI is InChI=1S/C13H17BrN2O3/c1-18-10-6-16(7-11(10)19-2)13(17)8-4-3-5-9(15)12(8)14/h3-5,10-11H,6-7,15H2,1-2H3. The maximum atomic E-state index is 12.5. The van der Waals surface area contributed by atoms with Crippen LogP contribution < -0.4 is 5.73 Å². The van der Waals surface area contributed by atoms with Gasteiger partial charge in [0, 0.05) is 33.0 Å². The molecule has 1 fully saturated rings. The summed E-state index contributed by atoms with van der Waals surface area (Å²) in [4.78, 5) is 14.2. The minimum absolute atomic E-state index is 0.0687. The molecule has 1 aliphatic rings. The highest BCUT2D eigenvalue weighted by molar-refractivity contribution is 9.10. The van der Waals surface area contributed by atoms with E-state index in [0.29, 0.717) is 28.8 Å². The molecule has 2 N–H and O–H groups in total. The molecular weight excluding hydrogens is 312 g/mol. The van der Waals surface area contributed by atoms with Crippen LogP contribution in [0.4, 0.5) is 5.69 Å². The highest BCUT2D eigenvalue weighted by atomic mass is 79.9. The number of rotatable bonds is 3. The SMILES string of the molecule is COC1CN(C(=O)c2cccc(N)c2Br)CC1OC. The van der Waals surface area contributed by atoms with E-state index in [1.807, 2.05) is 0 Å². The Morgan fingerprint density at radius 2 is 1.89 bits per heavy atom. The Morgan fingerprint density at radius 3 is 2.42 bits per heavy atom. The van der Waals surface area contributed by atoms with Gasteiger partial charge in [0.05, 0.1) is 10.0 Å². The number of hydrogen-bond donors (Lipinski definition) is 1. The second-order valence-corrected chi connectivity index (χ2v) is 5.26. The highest BCUT2D eigenvalue weighted by Crippen LogP contribution is 2.26. The molecule has 6 heteroatoms. The number of hydrogen-bond acceptors (Lipinski definition) is 4. The molecule has 104 valence electrons. The van der Waals surface area contributed by atoms with Crippen LogP contribution in [-0.2, 0) is 9.47 Å². The van der Waals surface area contributed by atoms with Crippen LogP contribution >= 0.6 is 15.9 Å². The largest absolute Gasteiger partial charge is 0.398 e. The van der Waals surface area contributed by atoms with E-state index in [1.54, 1.807) is 37.3 Å². The Kier molecular flexibility index (Phi) is 4.44. The number of ether oxygens (including phenoxy) is 2. The van der Waals surface area contributed by atoms with Gasteiger partial charge >= 0.3 is 0 Å². The second kappa shape index (κ2) is 5.90. The lowest BCUT2D eigenvalue weighted by Crippen LogP contribution is -2.30. The Morgan fingerprint density at radius 1 is 1.32 bits per heavy atom. The molecule has 19 heavy (non-hydrogen) atoms. The van der Waals surface area contributed by atoms with Crippen LogP contribution in [0.1, 0.15) is 10.4 Å². The average Bonchev–Trinajstić information content (AvgIpc) is 2.84. The predicted molar refractivity (Wildman–Crippen MR) is 76.1 cm³/mol. The van der Waals surface area contributed by atoms with Gasteiger partial charge in [-0.25, -0.2) is 0 Å². The van der Waals surface area contributed by atoms with E-state index in [-0.39, 0.29) is 18.1 Å². The monoisotopic (exact) mass is 328 g/mol. The lowest BCUT2D eigenvalue weighted by molar-refractivity contribution is -0.00461. The maximum absolute atomic E-state index is 12.5. The number of likely N-dealkylation sites (tertiary alicyclic amines) is 1. The number of nitrogens with two attached hydrogens (primary N) is 1. The first-order chi connectivity index (χ1) is 9.08. The highest BCUT2D eigenvalue weighted by Gasteiger charge is 2.36. The van der Waals surface area contributed by atoms with Gasteiger partial charge in [-0.15, -0.1) is 0 Å². The molecule has 2 atom stereocenters. The minimum Gasteiger partial charge on any atom is -0.398 e. The zero-order valence-electron chi connectivity index (χ0n) is 10.9. The van der Waals surface area contributed by atoms with E-state index in [1.165, 1.54) is 0 Å². The summed E-state index contributed by atoms with van der Waals surface area (Å²) in [5.41, 5.74) is 6.91. The van der Waals surface area contributed by atoms with Gasteiger partial charge < -0.3 is 20.1 Å². The third-order valence-corrected chi connectivity index (χ3v) is 4.25. The Balaban J connectivity index is 2.19. The molecule has 0 spiro atoms. The van der Waals surface area contributed by atoms with Crippen LogP contribution in [-0.4, -0.2) is 50.3 Å². The van der Waals surface area contributed by atoms with E-state index in [2.05, 4.69) is 15.9 Å². The van der Waals surface area contributed by atoms with E-state index in [0.717, 1.165) is 0 Å². The van der Waals surface area contributed by atoms with Crippen LogP contribution in [0, 0.1) is 0 Å². The number of halogens is 1. The summed E-state index contributed by atoms with van der Waals surface area (Å²) in [6.45, 7) is 1.05. The summed E-state index contributed by atoms with van der Waals surface area (Å²) >= 11 is 3.36. The van der Waals surface area contributed by atoms with Crippen molar-refractivity contribution < 1.29 is 14.3 Å². The smallest absolute Gasteiger partial charge is 0.255 e. The summed E-state index contributed by atoms with van der Waals surface area (Å²) in [7, 11) is 3.25. The first-order valence-electron chi connectivity index (χ1n) is 5.97. The number of carbonyl (C=O) groups is 1. The Hall–Kier alpha value is -1.11. The van der Waals surface area contributed by atoms with E-state index >= 15 is 0 Å². The molecule has 1 aromatic carbocycles. The topological polar surface area (TPSA) is 64.8 Å². The summed E-state index contributed by atoms with van der Waals surface area (Å²) < 4.78 is 11.3. The molecular formula is C13H17BrN2O3. The fourth-order valence-electron chi connectivity index (χ4n) is 2.25. The fraction of sp³-hybridized carbons (Fsp3) is 0.462. The van der Waals surface area contributed by atoms with Crippen molar-refractivity contribution >= 4 is 27.5 Å². The Bertz CT molecular complexity index is 469. The molecule has 1 amide bonds. The summed E-state index contributed by atoms with van der Waals surface area (Å²) in [6.07, 6.45) is -0.178. The van der Waals surface area contributed by atoms with Crippen LogP contribution in [0.25, 0.3) is 0 Å². The Labute approximate surface area is 120 Å². The number of nitrogen functional groups attached to an aromatic ring is 1. The zero-order chi connectivity index (χ0) is 14.0. The van der Waals surface area contributed by atoms with Gasteiger partial charge in [0.2, 0.25) is 0 Å². The second-order valence-electron chi connectivity index (χ2n) is 4.47. The van der Waals surface area contributed by atoms with Crippen molar-refractivity contribution in [2.45, 2.75) is 12.2 Å². The molecule has 1 aliphatic heterocycles. The van der Waals surface area contributed by atoms with Crippen molar-refractivity contribution in [2.24, 2.45) is 0 Å². The number of methoxy groups -OCH3 is 2. The first kappa shape index (κ1) is 14.3. The van der Waals surface area contributed by atoms with Crippen LogP contribution in [0.2, 0.25) is 0 Å². The van der Waals surface area contributed by atoms with Gasteiger partial charge in [-0.2, -0.15) is 0 Å². The molecule has 0 saturated carbocycles. The van der Waals surface area contributed by atoms with Crippen molar-refractivity contribution in [1.29, 1.82) is 0 Å². The molecule has 0 aliphatic carbocycles. The van der Waals surface area contributed by atoms with Gasteiger partial charge in [-0.3, -0.25) is 4.79 Å². The minimum atomic E-state index is -0.0891. The van der Waals surface area contributed by atoms with Crippen molar-refractivity contribution in [1.82, 2.24) is 4.90 Å². The predicted octanol–water partition coefficient (Wildman–Crippen LogP) is 1.52. The summed E-state index contributed by atoms with van der Waals surface area (Å²) in [5, 5.41) is 0. The van der Waals surface area contributed by atoms with Crippen LogP contribution in [0.3, 0.4) is 0 Å². The first-order valence-corrected chi connectivity index (χ1v) is 6.76. The number of nitrogens with zero attached hydrogens (tertiary/aromatic N) is 1. The fourth-order valence-corrected chi connectivity index (χ4v) is 2.68. The van der Waals surface area contributed by atoms with Gasteiger partial charge in [0.25, 0.3) is 5.91 Å². The molecule has 2 rings (SSSR count). The molecule has 0 bridgehead atoms. The van der Waals surface area contributed by atoms with Gasteiger partial charge in [0.15, 0.2) is 0 Å². The molecule has 0 radical (unpaired) electrons. The van der Waals surface area contributed by atoms with Gasteiger partial charge in [0.1, 0.15) is 12.2 Å². The lowest BCUT2D eigenvalue weighted by Gasteiger charge is -2.17. The number of carbonyl (C=O) groups excluding carboxylic acids is 1. The van der Waals surface area contributed by atoms with Crippen LogP contribution in [0.15, 0.2) is 22.7 Å². The number of amides is 1. The zero-order valence-corrected chi connectivity index (χ0v) is 12.5. The van der Waals surface area contributed by atoms with Gasteiger partial charge in [-0.1, -0.05) is 6.07 Å². The normalized spacial score (nSPS) is 22.8. The van der Waals surface area contributed by atoms with Gasteiger partial charge in [-0.05, 0) is 28.1 Å². The van der Waals surface area contributed by atoms with Crippen molar-refractivity contribution in [2.75, 3.05) is 33.0 Å².